The Labute approximate surface area is 307 Å². The zero-order valence-electron chi connectivity index (χ0n) is 33.2. The van der Waals surface area contributed by atoms with E-state index < -0.39 is 0 Å². The number of epoxide rings is 1. The predicted molar refractivity (Wildman–Crippen MR) is 208 cm³/mol. The van der Waals surface area contributed by atoms with Crippen molar-refractivity contribution >= 4 is 5.97 Å². The lowest BCUT2D eigenvalue weighted by Gasteiger charge is -2.56. The van der Waals surface area contributed by atoms with E-state index in [9.17, 15) is 9.90 Å². The molecule has 0 radical (unpaired) electrons. The second kappa shape index (κ2) is 17.5. The standard InChI is InChI=1S/C46H74O4/c1-8-9-10-11-12-13-14-15-16-17-18-19-20-21-22-23-40(48)49-42-41-38-27-26-37(35(5)25-24-34(4)33(2)3)44(38,6)30-29-39(41)45(7)31-28-36(47)32-46(45)43(42)50-46/h12-13,15-16,24-25,33-37,39,42-43,47H,8-11,14,17-23,26-32H2,1-7H3/b13-12?,16-15?,25-24+/t34-,35+,36-,37+,39-,42-,43-,44+,45+,46-/m0/s1. The summed E-state index contributed by atoms with van der Waals surface area (Å²) in [4.78, 5) is 13.6. The molecule has 0 aromatic heterocycles. The van der Waals surface area contributed by atoms with Crippen LogP contribution < -0.4 is 0 Å². The van der Waals surface area contributed by atoms with E-state index >= 15 is 0 Å². The topological polar surface area (TPSA) is 59.1 Å². The van der Waals surface area contributed by atoms with Gasteiger partial charge in [-0.1, -0.05) is 123 Å². The minimum atomic E-state index is -0.349. The maximum Gasteiger partial charge on any atom is 0.306 e. The van der Waals surface area contributed by atoms with Crippen molar-refractivity contribution in [1.82, 2.24) is 0 Å². The number of allylic oxidation sites excluding steroid dienone is 7. The molecular weight excluding hydrogens is 617 g/mol. The molecule has 1 aliphatic heterocycles. The summed E-state index contributed by atoms with van der Waals surface area (Å²) in [6.45, 7) is 16.6. The number of rotatable bonds is 19. The molecule has 4 fully saturated rings. The molecule has 0 aromatic rings. The van der Waals surface area contributed by atoms with E-state index in [0.29, 0.717) is 42.4 Å². The molecule has 1 saturated heterocycles. The highest BCUT2D eigenvalue weighted by atomic mass is 16.6. The Bertz CT molecular complexity index is 1240. The Morgan fingerprint density at radius 1 is 0.900 bits per heavy atom. The lowest BCUT2D eigenvalue weighted by Crippen LogP contribution is -2.58. The second-order valence-corrected chi connectivity index (χ2v) is 18.1. The minimum Gasteiger partial charge on any atom is -0.455 e. The molecular formula is C46H74O4. The van der Waals surface area contributed by atoms with Crippen molar-refractivity contribution in [2.45, 2.75) is 194 Å². The summed E-state index contributed by atoms with van der Waals surface area (Å²) in [6, 6.07) is 0. The summed E-state index contributed by atoms with van der Waals surface area (Å²) in [5, 5.41) is 10.8. The first-order valence-corrected chi connectivity index (χ1v) is 21.3. The molecule has 0 bridgehead atoms. The van der Waals surface area contributed by atoms with E-state index in [0.717, 1.165) is 51.4 Å². The van der Waals surface area contributed by atoms with Crippen molar-refractivity contribution in [3.05, 3.63) is 47.6 Å². The van der Waals surface area contributed by atoms with Crippen LogP contribution in [0.5, 0.6) is 0 Å². The van der Waals surface area contributed by atoms with Crippen molar-refractivity contribution < 1.29 is 19.4 Å². The molecule has 4 heteroatoms. The van der Waals surface area contributed by atoms with Crippen LogP contribution in [0.2, 0.25) is 0 Å². The molecule has 1 heterocycles. The fraction of sp³-hybridized carbons (Fsp3) is 0.804. The first-order valence-electron chi connectivity index (χ1n) is 21.3. The molecule has 0 unspecified atom stereocenters. The maximum absolute atomic E-state index is 13.6. The first-order chi connectivity index (χ1) is 24.0. The van der Waals surface area contributed by atoms with Gasteiger partial charge in [-0.05, 0) is 118 Å². The van der Waals surface area contributed by atoms with Crippen molar-refractivity contribution in [1.29, 1.82) is 0 Å². The van der Waals surface area contributed by atoms with Crippen LogP contribution in [-0.4, -0.2) is 35.0 Å². The van der Waals surface area contributed by atoms with Crippen LogP contribution in [0.4, 0.5) is 0 Å². The van der Waals surface area contributed by atoms with Crippen LogP contribution in [0, 0.1) is 40.4 Å². The molecule has 4 aliphatic carbocycles. The lowest BCUT2D eigenvalue weighted by molar-refractivity contribution is -0.150. The Balaban J connectivity index is 1.18. The molecule has 10 atom stereocenters. The largest absolute Gasteiger partial charge is 0.455 e. The van der Waals surface area contributed by atoms with Crippen molar-refractivity contribution in [3.63, 3.8) is 0 Å². The fourth-order valence-corrected chi connectivity index (χ4v) is 10.9. The van der Waals surface area contributed by atoms with Crippen LogP contribution in [0.15, 0.2) is 47.6 Å². The number of esters is 1. The summed E-state index contributed by atoms with van der Waals surface area (Å²) >= 11 is 0. The maximum atomic E-state index is 13.6. The number of aliphatic hydroxyl groups excluding tert-OH is 1. The highest BCUT2D eigenvalue weighted by molar-refractivity contribution is 5.70. The van der Waals surface area contributed by atoms with Gasteiger partial charge in [0.2, 0.25) is 0 Å². The van der Waals surface area contributed by atoms with Gasteiger partial charge in [0.05, 0.1) is 6.10 Å². The number of fused-ring (bicyclic) bond motifs is 3. The molecule has 1 spiro atoms. The predicted octanol–water partition coefficient (Wildman–Crippen LogP) is 12.0. The van der Waals surface area contributed by atoms with Gasteiger partial charge < -0.3 is 14.6 Å². The molecule has 4 nitrogen and oxygen atoms in total. The van der Waals surface area contributed by atoms with Crippen LogP contribution in [0.25, 0.3) is 0 Å². The zero-order chi connectivity index (χ0) is 35.9. The number of unbranched alkanes of at least 4 members (excludes halogenated alkanes) is 8. The van der Waals surface area contributed by atoms with E-state index in [4.69, 9.17) is 9.47 Å². The van der Waals surface area contributed by atoms with Gasteiger partial charge in [0.1, 0.15) is 11.7 Å². The van der Waals surface area contributed by atoms with Gasteiger partial charge in [-0.15, -0.1) is 0 Å². The SMILES string of the molecule is CCCCCC=CCC=CCCCCCCCC(=O)O[C@H]1C2=C3CC[C@H]([C@H](C)/C=C/[C@H](C)C(C)C)[C@@]3(C)CC[C@@H]2[C@@]2(C)CC[C@H](O)C[C@@]23O[C@@H]13. The van der Waals surface area contributed by atoms with E-state index in [1.54, 1.807) is 5.57 Å². The van der Waals surface area contributed by atoms with E-state index in [1.165, 1.54) is 63.4 Å². The molecule has 3 saturated carbocycles. The van der Waals surface area contributed by atoms with Crippen molar-refractivity contribution in [2.75, 3.05) is 0 Å². The van der Waals surface area contributed by atoms with E-state index in [2.05, 4.69) is 84.9 Å². The van der Waals surface area contributed by atoms with Crippen LogP contribution >= 0.6 is 0 Å². The Morgan fingerprint density at radius 3 is 2.32 bits per heavy atom. The highest BCUT2D eigenvalue weighted by Gasteiger charge is 2.78. The molecule has 50 heavy (non-hydrogen) atoms. The third-order valence-electron chi connectivity index (χ3n) is 14.5. The van der Waals surface area contributed by atoms with Gasteiger partial charge in [0, 0.05) is 18.3 Å². The summed E-state index contributed by atoms with van der Waals surface area (Å²) in [7, 11) is 0. The van der Waals surface area contributed by atoms with Gasteiger partial charge in [-0.2, -0.15) is 0 Å². The van der Waals surface area contributed by atoms with Gasteiger partial charge >= 0.3 is 5.97 Å². The van der Waals surface area contributed by atoms with Gasteiger partial charge in [0.25, 0.3) is 0 Å². The van der Waals surface area contributed by atoms with Crippen LogP contribution in [-0.2, 0) is 14.3 Å². The molecule has 5 rings (SSSR count). The highest BCUT2D eigenvalue weighted by Crippen LogP contribution is 2.73. The summed E-state index contributed by atoms with van der Waals surface area (Å²) in [6.07, 6.45) is 34.1. The average molecular weight is 691 g/mol. The molecule has 5 aliphatic rings. The normalized spacial score (nSPS) is 36.1. The third-order valence-corrected chi connectivity index (χ3v) is 14.5. The van der Waals surface area contributed by atoms with E-state index in [-0.39, 0.29) is 40.7 Å². The quantitative estimate of drug-likeness (QED) is 0.0634. The number of ether oxygens (including phenoxy) is 2. The Kier molecular flexibility index (Phi) is 13.8. The molecule has 282 valence electrons. The van der Waals surface area contributed by atoms with Crippen molar-refractivity contribution in [2.24, 2.45) is 40.4 Å². The van der Waals surface area contributed by atoms with Gasteiger partial charge in [0.15, 0.2) is 6.10 Å². The molecule has 0 aromatic carbocycles. The third kappa shape index (κ3) is 8.43. The van der Waals surface area contributed by atoms with Crippen LogP contribution in [0.3, 0.4) is 0 Å². The number of hydrogen-bond acceptors (Lipinski definition) is 4. The number of carbonyl (C=O) groups excluding carboxylic acids is 1. The Hall–Kier alpha value is -1.65. The fourth-order valence-electron chi connectivity index (χ4n) is 10.9. The van der Waals surface area contributed by atoms with Gasteiger partial charge in [-0.3, -0.25) is 4.79 Å². The summed E-state index contributed by atoms with van der Waals surface area (Å²) in [5.41, 5.74) is 2.83. The average Bonchev–Trinajstić information content (AvgIpc) is 3.70. The smallest absolute Gasteiger partial charge is 0.306 e. The number of carbonyl (C=O) groups is 1. The minimum absolute atomic E-state index is 0.0000950. The number of hydrogen-bond donors (Lipinski definition) is 1. The second-order valence-electron chi connectivity index (χ2n) is 18.1. The van der Waals surface area contributed by atoms with Crippen molar-refractivity contribution in [3.8, 4) is 0 Å². The summed E-state index contributed by atoms with van der Waals surface area (Å²) in [5.74, 6) is 2.69. The Morgan fingerprint density at radius 2 is 1.60 bits per heavy atom. The molecule has 1 N–H and O–H groups in total. The number of aliphatic hydroxyl groups is 1. The lowest BCUT2D eigenvalue weighted by atomic mass is 9.48. The first kappa shape index (κ1) is 39.6. The monoisotopic (exact) mass is 691 g/mol. The van der Waals surface area contributed by atoms with E-state index in [1.807, 2.05) is 0 Å². The summed E-state index contributed by atoms with van der Waals surface area (Å²) < 4.78 is 13.3. The molecule has 0 amide bonds. The van der Waals surface area contributed by atoms with Gasteiger partial charge in [-0.25, -0.2) is 0 Å². The zero-order valence-corrected chi connectivity index (χ0v) is 33.2. The van der Waals surface area contributed by atoms with Crippen LogP contribution in [0.1, 0.15) is 170 Å².